The Balaban J connectivity index is 1.55. The van der Waals surface area contributed by atoms with Gasteiger partial charge in [0.2, 0.25) is 11.8 Å². The van der Waals surface area contributed by atoms with Crippen molar-refractivity contribution in [2.24, 2.45) is 0 Å². The van der Waals surface area contributed by atoms with E-state index >= 15 is 0 Å². The predicted molar refractivity (Wildman–Crippen MR) is 72.3 cm³/mol. The third-order valence-corrected chi connectivity index (χ3v) is 2.85. The first-order chi connectivity index (χ1) is 9.24. The molecule has 1 aliphatic rings. The molecule has 1 saturated carbocycles. The van der Waals surface area contributed by atoms with Crippen molar-refractivity contribution in [2.45, 2.75) is 25.4 Å². The Labute approximate surface area is 112 Å². The number of carbonyl (C=O) groups is 2. The molecular formula is C14H19N3O2. The summed E-state index contributed by atoms with van der Waals surface area (Å²) in [6.45, 7) is 0.857. The smallest absolute Gasteiger partial charge is 0.234 e. The largest absolute Gasteiger partial charge is 0.352 e. The standard InChI is InChI=1S/C14H19N3O2/c18-13(16-8-11-4-2-1-3-5-11)9-15-10-14(19)17-12-6-7-12/h1-5,12,15H,6-10H2,(H,16,18)(H,17,19). The second-order valence-electron chi connectivity index (χ2n) is 4.71. The van der Waals surface area contributed by atoms with Crippen molar-refractivity contribution < 1.29 is 9.59 Å². The van der Waals surface area contributed by atoms with Gasteiger partial charge in [-0.1, -0.05) is 30.3 Å². The number of hydrogen-bond acceptors (Lipinski definition) is 3. The molecule has 0 heterocycles. The highest BCUT2D eigenvalue weighted by atomic mass is 16.2. The molecule has 5 heteroatoms. The van der Waals surface area contributed by atoms with Crippen molar-refractivity contribution >= 4 is 11.8 Å². The first-order valence-corrected chi connectivity index (χ1v) is 6.55. The van der Waals surface area contributed by atoms with E-state index in [1.165, 1.54) is 0 Å². The molecule has 0 aromatic heterocycles. The normalized spacial score (nSPS) is 13.9. The minimum absolute atomic E-state index is 0.0432. The molecular weight excluding hydrogens is 242 g/mol. The van der Waals surface area contributed by atoms with Crippen molar-refractivity contribution in [3.8, 4) is 0 Å². The third-order valence-electron chi connectivity index (χ3n) is 2.85. The number of hydrogen-bond donors (Lipinski definition) is 3. The number of carbonyl (C=O) groups excluding carboxylic acids is 2. The fourth-order valence-electron chi connectivity index (χ4n) is 1.65. The number of benzene rings is 1. The maximum absolute atomic E-state index is 11.5. The van der Waals surface area contributed by atoms with Crippen LogP contribution in [0.15, 0.2) is 30.3 Å². The van der Waals surface area contributed by atoms with Gasteiger partial charge in [0, 0.05) is 12.6 Å². The molecule has 1 aromatic rings. The summed E-state index contributed by atoms with van der Waals surface area (Å²) in [4.78, 5) is 22.9. The molecule has 3 N–H and O–H groups in total. The van der Waals surface area contributed by atoms with E-state index in [0.29, 0.717) is 12.6 Å². The molecule has 5 nitrogen and oxygen atoms in total. The van der Waals surface area contributed by atoms with Crippen molar-refractivity contribution in [3.05, 3.63) is 35.9 Å². The molecule has 0 atom stereocenters. The van der Waals surface area contributed by atoms with E-state index in [-0.39, 0.29) is 24.9 Å². The predicted octanol–water partition coefficient (Wildman–Crippen LogP) is 0.171. The second-order valence-corrected chi connectivity index (χ2v) is 4.71. The summed E-state index contributed by atoms with van der Waals surface area (Å²) in [6, 6.07) is 10.1. The molecule has 0 saturated heterocycles. The number of amides is 2. The van der Waals surface area contributed by atoms with Gasteiger partial charge in [-0.2, -0.15) is 0 Å². The highest BCUT2D eigenvalue weighted by Crippen LogP contribution is 2.18. The van der Waals surface area contributed by atoms with Crippen LogP contribution in [0.3, 0.4) is 0 Å². The topological polar surface area (TPSA) is 70.2 Å². The van der Waals surface area contributed by atoms with Crippen LogP contribution in [-0.4, -0.2) is 30.9 Å². The lowest BCUT2D eigenvalue weighted by molar-refractivity contribution is -0.121. The van der Waals surface area contributed by atoms with Crippen LogP contribution in [-0.2, 0) is 16.1 Å². The van der Waals surface area contributed by atoms with Gasteiger partial charge in [0.05, 0.1) is 13.1 Å². The summed E-state index contributed by atoms with van der Waals surface area (Å²) >= 11 is 0. The lowest BCUT2D eigenvalue weighted by Crippen LogP contribution is -2.40. The van der Waals surface area contributed by atoms with E-state index in [9.17, 15) is 9.59 Å². The SMILES string of the molecule is O=C(CNCC(=O)NC1CC1)NCc1ccccc1. The quantitative estimate of drug-likeness (QED) is 0.655. The van der Waals surface area contributed by atoms with E-state index in [2.05, 4.69) is 16.0 Å². The van der Waals surface area contributed by atoms with Crippen LogP contribution < -0.4 is 16.0 Å². The van der Waals surface area contributed by atoms with Gasteiger partial charge in [-0.3, -0.25) is 14.9 Å². The maximum Gasteiger partial charge on any atom is 0.234 e. The van der Waals surface area contributed by atoms with Crippen LogP contribution in [0.25, 0.3) is 0 Å². The molecule has 0 bridgehead atoms. The zero-order valence-corrected chi connectivity index (χ0v) is 10.8. The highest BCUT2D eigenvalue weighted by molar-refractivity contribution is 5.81. The van der Waals surface area contributed by atoms with Gasteiger partial charge in [0.25, 0.3) is 0 Å². The molecule has 102 valence electrons. The molecule has 2 rings (SSSR count). The zero-order chi connectivity index (χ0) is 13.5. The van der Waals surface area contributed by atoms with Crippen molar-refractivity contribution in [1.82, 2.24) is 16.0 Å². The fraction of sp³-hybridized carbons (Fsp3) is 0.429. The molecule has 0 radical (unpaired) electrons. The maximum atomic E-state index is 11.5. The van der Waals surface area contributed by atoms with Crippen molar-refractivity contribution in [2.75, 3.05) is 13.1 Å². The minimum Gasteiger partial charge on any atom is -0.352 e. The monoisotopic (exact) mass is 261 g/mol. The van der Waals surface area contributed by atoms with Gasteiger partial charge in [0.15, 0.2) is 0 Å². The van der Waals surface area contributed by atoms with Crippen LogP contribution in [0, 0.1) is 0 Å². The third kappa shape index (κ3) is 5.52. The average Bonchev–Trinajstić information content (AvgIpc) is 3.21. The van der Waals surface area contributed by atoms with Crippen LogP contribution >= 0.6 is 0 Å². The van der Waals surface area contributed by atoms with Crippen molar-refractivity contribution in [1.29, 1.82) is 0 Å². The molecule has 1 aromatic carbocycles. The molecule has 2 amide bonds. The summed E-state index contributed by atoms with van der Waals surface area (Å²) in [5.74, 6) is -0.151. The molecule has 1 aliphatic carbocycles. The summed E-state index contributed by atoms with van der Waals surface area (Å²) in [5.41, 5.74) is 1.06. The van der Waals surface area contributed by atoms with Gasteiger partial charge < -0.3 is 10.6 Å². The lowest BCUT2D eigenvalue weighted by Gasteiger charge is -2.07. The summed E-state index contributed by atoms with van der Waals surface area (Å²) in [6.07, 6.45) is 2.15. The van der Waals surface area contributed by atoms with Gasteiger partial charge in [-0.15, -0.1) is 0 Å². The zero-order valence-electron chi connectivity index (χ0n) is 10.8. The van der Waals surface area contributed by atoms with E-state index in [1.807, 2.05) is 30.3 Å². The summed E-state index contributed by atoms with van der Waals surface area (Å²) in [7, 11) is 0. The fourth-order valence-corrected chi connectivity index (χ4v) is 1.65. The Hall–Kier alpha value is -1.88. The van der Waals surface area contributed by atoms with E-state index in [4.69, 9.17) is 0 Å². The van der Waals surface area contributed by atoms with Crippen LogP contribution in [0.2, 0.25) is 0 Å². The Morgan fingerprint density at radius 1 is 1.05 bits per heavy atom. The molecule has 0 spiro atoms. The Morgan fingerprint density at radius 3 is 2.42 bits per heavy atom. The van der Waals surface area contributed by atoms with Gasteiger partial charge >= 0.3 is 0 Å². The molecule has 19 heavy (non-hydrogen) atoms. The van der Waals surface area contributed by atoms with Crippen molar-refractivity contribution in [3.63, 3.8) is 0 Å². The molecule has 0 aliphatic heterocycles. The lowest BCUT2D eigenvalue weighted by atomic mass is 10.2. The van der Waals surface area contributed by atoms with Gasteiger partial charge in [-0.25, -0.2) is 0 Å². The van der Waals surface area contributed by atoms with E-state index < -0.39 is 0 Å². The first kappa shape index (κ1) is 13.5. The summed E-state index contributed by atoms with van der Waals surface area (Å²) in [5, 5.41) is 8.48. The minimum atomic E-state index is -0.108. The van der Waals surface area contributed by atoms with Gasteiger partial charge in [0.1, 0.15) is 0 Å². The Kier molecular flexibility index (Phi) is 4.92. The second kappa shape index (κ2) is 6.89. The van der Waals surface area contributed by atoms with Crippen LogP contribution in [0.4, 0.5) is 0 Å². The summed E-state index contributed by atoms with van der Waals surface area (Å²) < 4.78 is 0. The Bertz CT molecular complexity index is 430. The van der Waals surface area contributed by atoms with E-state index in [0.717, 1.165) is 18.4 Å². The van der Waals surface area contributed by atoms with Crippen LogP contribution in [0.5, 0.6) is 0 Å². The number of rotatable bonds is 7. The van der Waals surface area contributed by atoms with E-state index in [1.54, 1.807) is 0 Å². The Morgan fingerprint density at radius 2 is 1.74 bits per heavy atom. The average molecular weight is 261 g/mol. The molecule has 0 unspecified atom stereocenters. The number of nitrogens with one attached hydrogen (secondary N) is 3. The molecule has 1 fully saturated rings. The van der Waals surface area contributed by atoms with Crippen LogP contribution in [0.1, 0.15) is 18.4 Å². The van der Waals surface area contributed by atoms with Gasteiger partial charge in [-0.05, 0) is 18.4 Å². The highest BCUT2D eigenvalue weighted by Gasteiger charge is 2.22. The first-order valence-electron chi connectivity index (χ1n) is 6.55.